The first-order valence-electron chi connectivity index (χ1n) is 6.17. The Labute approximate surface area is 103 Å². The molecule has 0 aromatic rings. The minimum absolute atomic E-state index is 0.00294. The van der Waals surface area contributed by atoms with E-state index in [0.29, 0.717) is 0 Å². The Hall–Kier alpha value is -1.26. The lowest BCUT2D eigenvalue weighted by Crippen LogP contribution is -2.47. The number of nitrogens with one attached hydrogen (secondary N) is 1. The molecule has 0 aliphatic carbocycles. The van der Waals surface area contributed by atoms with E-state index in [2.05, 4.69) is 12.2 Å². The van der Waals surface area contributed by atoms with Crippen LogP contribution in [0.15, 0.2) is 0 Å². The Morgan fingerprint density at radius 1 is 1.29 bits per heavy atom. The molecule has 0 radical (unpaired) electrons. The molecule has 0 aromatic carbocycles. The van der Waals surface area contributed by atoms with E-state index in [-0.39, 0.29) is 31.1 Å². The minimum Gasteiger partial charge on any atom is -0.481 e. The summed E-state index contributed by atoms with van der Waals surface area (Å²) < 4.78 is 0. The summed E-state index contributed by atoms with van der Waals surface area (Å²) in [4.78, 5) is 24.0. The highest BCUT2D eigenvalue weighted by molar-refractivity contribution is 5.75. The van der Waals surface area contributed by atoms with Gasteiger partial charge < -0.3 is 15.3 Å². The van der Waals surface area contributed by atoms with Crippen molar-refractivity contribution in [2.24, 2.45) is 0 Å². The first-order valence-corrected chi connectivity index (χ1v) is 6.17. The topological polar surface area (TPSA) is 69.6 Å². The van der Waals surface area contributed by atoms with Crippen LogP contribution in [0.25, 0.3) is 0 Å². The molecule has 0 aromatic heterocycles. The third-order valence-corrected chi connectivity index (χ3v) is 2.54. The van der Waals surface area contributed by atoms with Crippen molar-refractivity contribution in [2.45, 2.75) is 59.0 Å². The van der Waals surface area contributed by atoms with E-state index in [1.54, 1.807) is 4.90 Å². The fourth-order valence-electron chi connectivity index (χ4n) is 1.61. The van der Waals surface area contributed by atoms with Gasteiger partial charge in [-0.3, -0.25) is 4.79 Å². The summed E-state index contributed by atoms with van der Waals surface area (Å²) in [5, 5.41) is 11.5. The van der Waals surface area contributed by atoms with Crippen LogP contribution in [0.1, 0.15) is 47.0 Å². The molecule has 5 heteroatoms. The van der Waals surface area contributed by atoms with Crippen molar-refractivity contribution in [1.82, 2.24) is 10.2 Å². The maximum absolute atomic E-state index is 11.9. The molecule has 2 amide bonds. The molecule has 0 aliphatic heterocycles. The van der Waals surface area contributed by atoms with E-state index in [1.165, 1.54) is 0 Å². The molecule has 5 nitrogen and oxygen atoms in total. The van der Waals surface area contributed by atoms with Crippen LogP contribution in [0.2, 0.25) is 0 Å². The van der Waals surface area contributed by atoms with Gasteiger partial charge in [-0.2, -0.15) is 0 Å². The van der Waals surface area contributed by atoms with Crippen molar-refractivity contribution in [2.75, 3.05) is 6.54 Å². The van der Waals surface area contributed by atoms with Gasteiger partial charge in [-0.25, -0.2) is 4.79 Å². The molecule has 100 valence electrons. The monoisotopic (exact) mass is 244 g/mol. The number of rotatable bonds is 7. The summed E-state index contributed by atoms with van der Waals surface area (Å²) in [6, 6.07) is -0.0519. The maximum Gasteiger partial charge on any atom is 0.317 e. The van der Waals surface area contributed by atoms with Crippen molar-refractivity contribution in [3.05, 3.63) is 0 Å². The molecule has 0 spiro atoms. The number of hydrogen-bond acceptors (Lipinski definition) is 2. The summed E-state index contributed by atoms with van der Waals surface area (Å²) in [5.74, 6) is -0.884. The molecule has 1 atom stereocenters. The minimum atomic E-state index is -0.884. The SMILES string of the molecule is CCCC(C)NC(=O)N(CCC(=O)O)C(C)C. The third kappa shape index (κ3) is 6.81. The lowest BCUT2D eigenvalue weighted by molar-refractivity contribution is -0.137. The summed E-state index contributed by atoms with van der Waals surface area (Å²) in [5.41, 5.74) is 0. The van der Waals surface area contributed by atoms with Gasteiger partial charge in [0.25, 0.3) is 0 Å². The highest BCUT2D eigenvalue weighted by Crippen LogP contribution is 2.03. The molecule has 0 bridgehead atoms. The van der Waals surface area contributed by atoms with Gasteiger partial charge in [-0.05, 0) is 27.2 Å². The number of carboxylic acid groups (broad SMARTS) is 1. The average molecular weight is 244 g/mol. The van der Waals surface area contributed by atoms with E-state index in [1.807, 2.05) is 20.8 Å². The summed E-state index contributed by atoms with van der Waals surface area (Å²) in [6.45, 7) is 8.03. The Balaban J connectivity index is 4.29. The van der Waals surface area contributed by atoms with Crippen LogP contribution >= 0.6 is 0 Å². The van der Waals surface area contributed by atoms with E-state index < -0.39 is 5.97 Å². The normalized spacial score (nSPS) is 12.3. The maximum atomic E-state index is 11.9. The molecular formula is C12H24N2O3. The van der Waals surface area contributed by atoms with Crippen LogP contribution < -0.4 is 5.32 Å². The zero-order valence-corrected chi connectivity index (χ0v) is 11.2. The zero-order valence-electron chi connectivity index (χ0n) is 11.2. The summed E-state index contributed by atoms with van der Waals surface area (Å²) in [6.07, 6.45) is 1.92. The summed E-state index contributed by atoms with van der Waals surface area (Å²) >= 11 is 0. The second-order valence-corrected chi connectivity index (χ2v) is 4.57. The number of amides is 2. The molecule has 0 heterocycles. The number of aliphatic carboxylic acids is 1. The molecular weight excluding hydrogens is 220 g/mol. The Morgan fingerprint density at radius 3 is 2.29 bits per heavy atom. The van der Waals surface area contributed by atoms with Crippen molar-refractivity contribution < 1.29 is 14.7 Å². The zero-order chi connectivity index (χ0) is 13.4. The summed E-state index contributed by atoms with van der Waals surface area (Å²) in [7, 11) is 0. The highest BCUT2D eigenvalue weighted by Gasteiger charge is 2.18. The second-order valence-electron chi connectivity index (χ2n) is 4.57. The second kappa shape index (κ2) is 7.92. The quantitative estimate of drug-likeness (QED) is 0.720. The molecule has 0 saturated carbocycles. The smallest absolute Gasteiger partial charge is 0.317 e. The van der Waals surface area contributed by atoms with Crippen molar-refractivity contribution in [1.29, 1.82) is 0 Å². The first kappa shape index (κ1) is 15.7. The lowest BCUT2D eigenvalue weighted by atomic mass is 10.2. The van der Waals surface area contributed by atoms with Gasteiger partial charge in [0.1, 0.15) is 0 Å². The fourth-order valence-corrected chi connectivity index (χ4v) is 1.61. The van der Waals surface area contributed by atoms with Gasteiger partial charge in [0, 0.05) is 18.6 Å². The number of carboxylic acids is 1. The van der Waals surface area contributed by atoms with Crippen LogP contribution in [0.3, 0.4) is 0 Å². The molecule has 0 fully saturated rings. The first-order chi connectivity index (χ1) is 7.88. The number of carbonyl (C=O) groups is 2. The molecule has 1 unspecified atom stereocenters. The van der Waals surface area contributed by atoms with Crippen LogP contribution in [-0.4, -0.2) is 40.6 Å². The van der Waals surface area contributed by atoms with Crippen LogP contribution in [0.4, 0.5) is 4.79 Å². The Kier molecular flexibility index (Phi) is 7.34. The van der Waals surface area contributed by atoms with Gasteiger partial charge in [0.2, 0.25) is 0 Å². The van der Waals surface area contributed by atoms with Gasteiger partial charge in [-0.15, -0.1) is 0 Å². The van der Waals surface area contributed by atoms with Gasteiger partial charge in [-0.1, -0.05) is 13.3 Å². The Bertz CT molecular complexity index is 254. The van der Waals surface area contributed by atoms with Gasteiger partial charge >= 0.3 is 12.0 Å². The largest absolute Gasteiger partial charge is 0.481 e. The predicted octanol–water partition coefficient (Wildman–Crippen LogP) is 2.07. The molecule has 0 rings (SSSR count). The molecule has 0 aliphatic rings. The number of carbonyl (C=O) groups excluding carboxylic acids is 1. The lowest BCUT2D eigenvalue weighted by Gasteiger charge is -2.28. The van der Waals surface area contributed by atoms with E-state index in [9.17, 15) is 9.59 Å². The third-order valence-electron chi connectivity index (χ3n) is 2.54. The standard InChI is InChI=1S/C12H24N2O3/c1-5-6-10(4)13-12(17)14(9(2)3)8-7-11(15)16/h9-10H,5-8H2,1-4H3,(H,13,17)(H,15,16). The molecule has 2 N–H and O–H groups in total. The number of urea groups is 1. The van der Waals surface area contributed by atoms with E-state index in [4.69, 9.17) is 5.11 Å². The van der Waals surface area contributed by atoms with Crippen LogP contribution in [-0.2, 0) is 4.79 Å². The Morgan fingerprint density at radius 2 is 1.88 bits per heavy atom. The average Bonchev–Trinajstić information content (AvgIpc) is 2.16. The van der Waals surface area contributed by atoms with E-state index >= 15 is 0 Å². The predicted molar refractivity (Wildman–Crippen MR) is 67.0 cm³/mol. The molecule has 0 saturated heterocycles. The number of nitrogens with zero attached hydrogens (tertiary/aromatic N) is 1. The van der Waals surface area contributed by atoms with E-state index in [0.717, 1.165) is 12.8 Å². The molecule has 17 heavy (non-hydrogen) atoms. The van der Waals surface area contributed by atoms with Crippen molar-refractivity contribution in [3.8, 4) is 0 Å². The fraction of sp³-hybridized carbons (Fsp3) is 0.833. The van der Waals surface area contributed by atoms with Crippen molar-refractivity contribution >= 4 is 12.0 Å². The number of hydrogen-bond donors (Lipinski definition) is 2. The highest BCUT2D eigenvalue weighted by atomic mass is 16.4. The van der Waals surface area contributed by atoms with Crippen LogP contribution in [0.5, 0.6) is 0 Å². The van der Waals surface area contributed by atoms with Gasteiger partial charge in [0.05, 0.1) is 6.42 Å². The van der Waals surface area contributed by atoms with Crippen molar-refractivity contribution in [3.63, 3.8) is 0 Å². The van der Waals surface area contributed by atoms with Gasteiger partial charge in [0.15, 0.2) is 0 Å². The van der Waals surface area contributed by atoms with Crippen LogP contribution in [0, 0.1) is 0 Å².